The summed E-state index contributed by atoms with van der Waals surface area (Å²) >= 11 is 0. The van der Waals surface area contributed by atoms with Gasteiger partial charge in [0.05, 0.1) is 5.92 Å². The van der Waals surface area contributed by atoms with Gasteiger partial charge in [0.2, 0.25) is 5.89 Å². The maximum Gasteiger partial charge on any atom is 0.231 e. The van der Waals surface area contributed by atoms with Gasteiger partial charge in [0.15, 0.2) is 5.82 Å². The Morgan fingerprint density at radius 1 is 1.41 bits per heavy atom. The van der Waals surface area contributed by atoms with Crippen molar-refractivity contribution in [1.29, 1.82) is 0 Å². The predicted molar refractivity (Wildman–Crippen MR) is 66.6 cm³/mol. The van der Waals surface area contributed by atoms with Gasteiger partial charge in [0.1, 0.15) is 0 Å². The molecule has 4 heteroatoms. The molecule has 0 radical (unpaired) electrons. The maximum atomic E-state index is 5.81. The molecule has 0 aromatic carbocycles. The summed E-state index contributed by atoms with van der Waals surface area (Å²) in [6, 6.07) is 0. The fraction of sp³-hybridized carbons (Fsp3) is 0.846. The molecule has 17 heavy (non-hydrogen) atoms. The Balaban J connectivity index is 2.00. The lowest BCUT2D eigenvalue weighted by Crippen LogP contribution is -2.19. The second kappa shape index (κ2) is 4.77. The second-order valence-corrected chi connectivity index (χ2v) is 6.39. The molecule has 1 unspecified atom stereocenters. The van der Waals surface area contributed by atoms with Crippen LogP contribution in [0.5, 0.6) is 0 Å². The van der Waals surface area contributed by atoms with E-state index >= 15 is 0 Å². The number of hydrogen-bond donors (Lipinski definition) is 1. The molecular weight excluding hydrogens is 214 g/mol. The Kier molecular flexibility index (Phi) is 3.52. The molecule has 0 bridgehead atoms. The van der Waals surface area contributed by atoms with Crippen molar-refractivity contribution in [2.45, 2.75) is 52.4 Å². The highest BCUT2D eigenvalue weighted by Gasteiger charge is 2.27. The van der Waals surface area contributed by atoms with Gasteiger partial charge in [-0.3, -0.25) is 0 Å². The number of rotatable bonds is 5. The lowest BCUT2D eigenvalue weighted by molar-refractivity contribution is 0.286. The van der Waals surface area contributed by atoms with E-state index in [-0.39, 0.29) is 11.3 Å². The number of nitrogens with two attached hydrogens (primary N) is 1. The largest absolute Gasteiger partial charge is 0.339 e. The SMILES string of the molecule is CC(C)(C)CC(CN)c1nc(CC2CC2)no1. The first kappa shape index (κ1) is 12.6. The smallest absolute Gasteiger partial charge is 0.231 e. The van der Waals surface area contributed by atoms with Gasteiger partial charge in [-0.25, -0.2) is 0 Å². The first-order valence-corrected chi connectivity index (χ1v) is 6.50. The van der Waals surface area contributed by atoms with Gasteiger partial charge in [0, 0.05) is 13.0 Å². The summed E-state index contributed by atoms with van der Waals surface area (Å²) in [5.41, 5.74) is 6.04. The van der Waals surface area contributed by atoms with Crippen molar-refractivity contribution in [2.75, 3.05) is 6.54 Å². The third-order valence-corrected chi connectivity index (χ3v) is 3.14. The van der Waals surface area contributed by atoms with Gasteiger partial charge in [-0.05, 0) is 30.6 Å². The summed E-state index contributed by atoms with van der Waals surface area (Å²) in [6.07, 6.45) is 4.57. The maximum absolute atomic E-state index is 5.81. The van der Waals surface area contributed by atoms with Crippen molar-refractivity contribution >= 4 is 0 Å². The highest BCUT2D eigenvalue weighted by molar-refractivity contribution is 4.98. The van der Waals surface area contributed by atoms with E-state index in [2.05, 4.69) is 30.9 Å². The van der Waals surface area contributed by atoms with Crippen molar-refractivity contribution in [2.24, 2.45) is 17.1 Å². The lowest BCUT2D eigenvalue weighted by Gasteiger charge is -2.22. The van der Waals surface area contributed by atoms with Gasteiger partial charge in [0.25, 0.3) is 0 Å². The normalized spacial score (nSPS) is 18.4. The Morgan fingerprint density at radius 3 is 2.65 bits per heavy atom. The number of aromatic nitrogens is 2. The Hall–Kier alpha value is -0.900. The molecule has 1 aliphatic rings. The van der Waals surface area contributed by atoms with E-state index in [4.69, 9.17) is 10.3 Å². The molecule has 1 aliphatic carbocycles. The number of hydrogen-bond acceptors (Lipinski definition) is 4. The van der Waals surface area contributed by atoms with E-state index in [0.717, 1.165) is 30.5 Å². The van der Waals surface area contributed by atoms with Crippen molar-refractivity contribution in [3.05, 3.63) is 11.7 Å². The molecule has 4 nitrogen and oxygen atoms in total. The third-order valence-electron chi connectivity index (χ3n) is 3.14. The van der Waals surface area contributed by atoms with E-state index in [0.29, 0.717) is 6.54 Å². The van der Waals surface area contributed by atoms with Crippen LogP contribution in [0.15, 0.2) is 4.52 Å². The first-order valence-electron chi connectivity index (χ1n) is 6.50. The lowest BCUT2D eigenvalue weighted by atomic mass is 9.84. The molecule has 1 atom stereocenters. The summed E-state index contributed by atoms with van der Waals surface area (Å²) in [4.78, 5) is 4.49. The minimum absolute atomic E-state index is 0.190. The third kappa shape index (κ3) is 3.80. The van der Waals surface area contributed by atoms with Gasteiger partial charge in [-0.1, -0.05) is 25.9 Å². The van der Waals surface area contributed by atoms with Gasteiger partial charge < -0.3 is 10.3 Å². The molecule has 1 saturated carbocycles. The molecule has 2 N–H and O–H groups in total. The molecule has 1 aromatic rings. The highest BCUT2D eigenvalue weighted by Crippen LogP contribution is 2.33. The Bertz CT molecular complexity index is 363. The predicted octanol–water partition coefficient (Wildman–Crippen LogP) is 2.50. The zero-order valence-electron chi connectivity index (χ0n) is 11.1. The number of nitrogens with zero attached hydrogens (tertiary/aromatic N) is 2. The van der Waals surface area contributed by atoms with Gasteiger partial charge in [-0.2, -0.15) is 4.98 Å². The van der Waals surface area contributed by atoms with Crippen LogP contribution in [0.1, 0.15) is 57.7 Å². The van der Waals surface area contributed by atoms with E-state index in [1.807, 2.05) is 0 Å². The minimum atomic E-state index is 0.190. The van der Waals surface area contributed by atoms with Crippen molar-refractivity contribution in [3.63, 3.8) is 0 Å². The van der Waals surface area contributed by atoms with Crippen LogP contribution in [-0.4, -0.2) is 16.7 Å². The van der Waals surface area contributed by atoms with Crippen LogP contribution >= 0.6 is 0 Å². The van der Waals surface area contributed by atoms with E-state index < -0.39 is 0 Å². The summed E-state index contributed by atoms with van der Waals surface area (Å²) in [5.74, 6) is 2.56. The zero-order chi connectivity index (χ0) is 12.5. The molecule has 0 amide bonds. The summed E-state index contributed by atoms with van der Waals surface area (Å²) in [5, 5.41) is 4.05. The average Bonchev–Trinajstić information content (AvgIpc) is 2.90. The Labute approximate surface area is 103 Å². The fourth-order valence-corrected chi connectivity index (χ4v) is 2.11. The summed E-state index contributed by atoms with van der Waals surface area (Å²) < 4.78 is 5.35. The highest BCUT2D eigenvalue weighted by atomic mass is 16.5. The van der Waals surface area contributed by atoms with Crippen LogP contribution < -0.4 is 5.73 Å². The molecule has 1 aromatic heterocycles. The monoisotopic (exact) mass is 237 g/mol. The van der Waals surface area contributed by atoms with E-state index in [1.54, 1.807) is 0 Å². The Morgan fingerprint density at radius 2 is 2.12 bits per heavy atom. The molecule has 1 fully saturated rings. The van der Waals surface area contributed by atoms with E-state index in [1.165, 1.54) is 12.8 Å². The standard InChI is InChI=1S/C13H23N3O/c1-13(2,3)7-10(8-14)12-15-11(16-17-12)6-9-4-5-9/h9-10H,4-8,14H2,1-3H3. The molecule has 1 heterocycles. The fourth-order valence-electron chi connectivity index (χ4n) is 2.11. The van der Waals surface area contributed by atoms with Crippen molar-refractivity contribution in [3.8, 4) is 0 Å². The first-order chi connectivity index (χ1) is 7.98. The van der Waals surface area contributed by atoms with Gasteiger partial charge in [-0.15, -0.1) is 0 Å². The van der Waals surface area contributed by atoms with Crippen molar-refractivity contribution < 1.29 is 4.52 Å². The summed E-state index contributed by atoms with van der Waals surface area (Å²) in [7, 11) is 0. The zero-order valence-corrected chi connectivity index (χ0v) is 11.1. The van der Waals surface area contributed by atoms with Crippen LogP contribution in [0, 0.1) is 11.3 Å². The molecule has 0 saturated heterocycles. The van der Waals surface area contributed by atoms with Crippen LogP contribution in [0.25, 0.3) is 0 Å². The van der Waals surface area contributed by atoms with Gasteiger partial charge >= 0.3 is 0 Å². The molecular formula is C13H23N3O. The van der Waals surface area contributed by atoms with Crippen LogP contribution in [0.2, 0.25) is 0 Å². The molecule has 96 valence electrons. The molecule has 0 aliphatic heterocycles. The van der Waals surface area contributed by atoms with Crippen LogP contribution in [0.4, 0.5) is 0 Å². The molecule has 0 spiro atoms. The quantitative estimate of drug-likeness (QED) is 0.854. The van der Waals surface area contributed by atoms with Crippen molar-refractivity contribution in [1.82, 2.24) is 10.1 Å². The second-order valence-electron chi connectivity index (χ2n) is 6.39. The topological polar surface area (TPSA) is 64.9 Å². The summed E-state index contributed by atoms with van der Waals surface area (Å²) in [6.45, 7) is 7.19. The minimum Gasteiger partial charge on any atom is -0.339 e. The average molecular weight is 237 g/mol. The van der Waals surface area contributed by atoms with E-state index in [9.17, 15) is 0 Å². The molecule has 2 rings (SSSR count). The van der Waals surface area contributed by atoms with Crippen LogP contribution in [0.3, 0.4) is 0 Å². The van der Waals surface area contributed by atoms with Crippen LogP contribution in [-0.2, 0) is 6.42 Å².